The highest BCUT2D eigenvalue weighted by molar-refractivity contribution is 6.98. The van der Waals surface area contributed by atoms with Gasteiger partial charge in [-0.15, -0.1) is 0 Å². The Morgan fingerprint density at radius 2 is 1.04 bits per heavy atom. The zero-order chi connectivity index (χ0) is 30.4. The van der Waals surface area contributed by atoms with Crippen LogP contribution >= 0.6 is 0 Å². The first-order valence-electron chi connectivity index (χ1n) is 15.4. The predicted octanol–water partition coefficient (Wildman–Crippen LogP) is 9.02. The summed E-state index contributed by atoms with van der Waals surface area (Å²) in [4.78, 5) is 2.27. The number of rotatable bonds is 3. The average Bonchev–Trinajstić information content (AvgIpc) is 3.41. The van der Waals surface area contributed by atoms with E-state index in [4.69, 9.17) is 13.9 Å². The summed E-state index contributed by atoms with van der Waals surface area (Å²) >= 11 is 0. The minimum absolute atomic E-state index is 0.00552. The minimum Gasteiger partial charge on any atom is -0.458 e. The van der Waals surface area contributed by atoms with Gasteiger partial charge in [0.1, 0.15) is 22.8 Å². The van der Waals surface area contributed by atoms with Gasteiger partial charge in [0.25, 0.3) is 6.71 Å². The van der Waals surface area contributed by atoms with E-state index in [9.17, 15) is 0 Å². The third-order valence-corrected chi connectivity index (χ3v) is 9.22. The van der Waals surface area contributed by atoms with Gasteiger partial charge in [0, 0.05) is 39.4 Å². The van der Waals surface area contributed by atoms with Crippen LogP contribution in [0.5, 0.6) is 23.0 Å². The first-order valence-corrected chi connectivity index (χ1v) is 15.4. The Morgan fingerprint density at radius 3 is 1.67 bits per heavy atom. The van der Waals surface area contributed by atoms with Crippen molar-refractivity contribution in [3.63, 3.8) is 0 Å². The molecule has 0 amide bonds. The van der Waals surface area contributed by atoms with Gasteiger partial charge in [0.05, 0.1) is 0 Å². The van der Waals surface area contributed by atoms with Crippen LogP contribution in [0, 0.1) is 27.7 Å². The summed E-state index contributed by atoms with van der Waals surface area (Å²) in [5.41, 5.74) is 12.9. The number of ether oxygens (including phenoxy) is 2. The van der Waals surface area contributed by atoms with Crippen molar-refractivity contribution in [2.24, 2.45) is 0 Å². The molecule has 3 heterocycles. The van der Waals surface area contributed by atoms with Gasteiger partial charge in [-0.3, -0.25) is 0 Å². The fraction of sp³-hybridized carbons (Fsp3) is 0.100. The molecule has 7 aromatic rings. The largest absolute Gasteiger partial charge is 0.458 e. The van der Waals surface area contributed by atoms with Gasteiger partial charge in [-0.1, -0.05) is 70.8 Å². The number of hydrogen-bond donors (Lipinski definition) is 0. The molecule has 0 unspecified atom stereocenters. The van der Waals surface area contributed by atoms with E-state index in [1.807, 2.05) is 0 Å². The molecule has 9 rings (SSSR count). The zero-order valence-corrected chi connectivity index (χ0v) is 25.6. The van der Waals surface area contributed by atoms with Crippen molar-refractivity contribution in [2.75, 3.05) is 4.90 Å². The maximum atomic E-state index is 6.77. The summed E-state index contributed by atoms with van der Waals surface area (Å²) in [5.74, 6) is 3.30. The molecule has 0 aliphatic carbocycles. The van der Waals surface area contributed by atoms with Crippen molar-refractivity contribution in [2.45, 2.75) is 27.7 Å². The fourth-order valence-corrected chi connectivity index (χ4v) is 6.97. The van der Waals surface area contributed by atoms with E-state index in [2.05, 4.69) is 142 Å². The van der Waals surface area contributed by atoms with Gasteiger partial charge in [0.15, 0.2) is 11.3 Å². The van der Waals surface area contributed by atoms with Crippen molar-refractivity contribution >= 4 is 62.1 Å². The van der Waals surface area contributed by atoms with E-state index in [-0.39, 0.29) is 6.71 Å². The molecule has 0 saturated heterocycles. The van der Waals surface area contributed by atoms with Crippen LogP contribution in [0.3, 0.4) is 0 Å². The van der Waals surface area contributed by atoms with Crippen LogP contribution in [-0.4, -0.2) is 6.71 Å². The molecule has 4 nitrogen and oxygen atoms in total. The summed E-state index contributed by atoms with van der Waals surface area (Å²) in [7, 11) is 0. The van der Waals surface area contributed by atoms with Crippen LogP contribution in [0.15, 0.2) is 114 Å². The van der Waals surface area contributed by atoms with E-state index in [0.29, 0.717) is 0 Å². The van der Waals surface area contributed by atoms with Crippen molar-refractivity contribution in [3.8, 4) is 23.0 Å². The maximum absolute atomic E-state index is 6.77. The van der Waals surface area contributed by atoms with E-state index in [1.54, 1.807) is 0 Å². The molecule has 45 heavy (non-hydrogen) atoms. The Labute approximate surface area is 262 Å². The highest BCUT2D eigenvalue weighted by Gasteiger charge is 2.42. The molecular formula is C40H30BNO3. The predicted molar refractivity (Wildman–Crippen MR) is 185 cm³/mol. The molecule has 2 aliphatic rings. The molecule has 5 heteroatoms. The van der Waals surface area contributed by atoms with Crippen LogP contribution in [-0.2, 0) is 0 Å². The molecule has 216 valence electrons. The SMILES string of the molecule is Cc1ccc(N(c2ccc(C)cc2)c2ccc3c(c2)oc2c4c5c(cc23)Oc2ccc(C)cc2B5c2cc(C)ccc2O4)cc1. The molecule has 0 bridgehead atoms. The Morgan fingerprint density at radius 1 is 0.489 bits per heavy atom. The quantitative estimate of drug-likeness (QED) is 0.195. The molecule has 0 spiro atoms. The fourth-order valence-electron chi connectivity index (χ4n) is 6.97. The molecule has 0 N–H and O–H groups in total. The number of aryl methyl sites for hydroxylation is 4. The number of hydrogen-bond acceptors (Lipinski definition) is 4. The molecule has 0 fully saturated rings. The summed E-state index contributed by atoms with van der Waals surface area (Å²) in [5, 5.41) is 2.00. The summed E-state index contributed by atoms with van der Waals surface area (Å²) < 4.78 is 20.1. The van der Waals surface area contributed by atoms with Gasteiger partial charge < -0.3 is 18.8 Å². The van der Waals surface area contributed by atoms with Gasteiger partial charge in [-0.05, 0) is 93.2 Å². The topological polar surface area (TPSA) is 34.8 Å². The van der Waals surface area contributed by atoms with E-state index < -0.39 is 0 Å². The van der Waals surface area contributed by atoms with Crippen LogP contribution in [0.25, 0.3) is 21.9 Å². The van der Waals surface area contributed by atoms with Crippen molar-refractivity contribution in [1.82, 2.24) is 0 Å². The van der Waals surface area contributed by atoms with Gasteiger partial charge >= 0.3 is 0 Å². The lowest BCUT2D eigenvalue weighted by Gasteiger charge is -2.33. The van der Waals surface area contributed by atoms with E-state index >= 15 is 0 Å². The second-order valence-electron chi connectivity index (χ2n) is 12.5. The zero-order valence-electron chi connectivity index (χ0n) is 25.6. The maximum Gasteiger partial charge on any atom is 0.260 e. The van der Waals surface area contributed by atoms with E-state index in [0.717, 1.165) is 78.4 Å². The van der Waals surface area contributed by atoms with Gasteiger partial charge in [-0.25, -0.2) is 0 Å². The molecule has 0 radical (unpaired) electrons. The van der Waals surface area contributed by atoms with Crippen molar-refractivity contribution in [1.29, 1.82) is 0 Å². The van der Waals surface area contributed by atoms with Gasteiger partial charge in [-0.2, -0.15) is 0 Å². The van der Waals surface area contributed by atoms with Crippen LogP contribution in [0.1, 0.15) is 22.3 Å². The smallest absolute Gasteiger partial charge is 0.260 e. The molecular weight excluding hydrogens is 553 g/mol. The van der Waals surface area contributed by atoms with Crippen LogP contribution < -0.4 is 30.8 Å². The highest BCUT2D eigenvalue weighted by atomic mass is 16.5. The second-order valence-corrected chi connectivity index (χ2v) is 12.5. The molecule has 6 aromatic carbocycles. The Hall–Kier alpha value is -5.42. The first kappa shape index (κ1) is 26.0. The Balaban J connectivity index is 1.26. The average molecular weight is 583 g/mol. The second kappa shape index (κ2) is 9.54. The third kappa shape index (κ3) is 4.00. The molecule has 0 saturated carbocycles. The Bertz CT molecular complexity index is 2260. The number of furan rings is 1. The number of anilines is 3. The van der Waals surface area contributed by atoms with Crippen LogP contribution in [0.4, 0.5) is 17.1 Å². The number of benzene rings is 6. The summed E-state index contributed by atoms with van der Waals surface area (Å²) in [6, 6.07) is 38.7. The van der Waals surface area contributed by atoms with Crippen molar-refractivity contribution < 1.29 is 13.9 Å². The standard InChI is InChI=1S/C40H30BNO3/c1-23-5-11-27(12-6-23)42(28-13-7-24(2)8-14-28)29-15-16-30-31-22-37-38-40(39(31)45-36(30)21-29)44-35-18-10-26(4)20-33(35)41(38)32-19-25(3)9-17-34(32)43-37/h5-22H,1-4H3. The lowest BCUT2D eigenvalue weighted by molar-refractivity contribution is 0.462. The number of nitrogens with zero attached hydrogens (tertiary/aromatic N) is 1. The number of fused-ring (bicyclic) bond motifs is 8. The summed E-state index contributed by atoms with van der Waals surface area (Å²) in [6.07, 6.45) is 0. The van der Waals surface area contributed by atoms with Crippen molar-refractivity contribution in [3.05, 3.63) is 131 Å². The van der Waals surface area contributed by atoms with E-state index in [1.165, 1.54) is 22.3 Å². The van der Waals surface area contributed by atoms with Crippen LogP contribution in [0.2, 0.25) is 0 Å². The normalized spacial score (nSPS) is 12.8. The minimum atomic E-state index is -0.00552. The first-order chi connectivity index (χ1) is 21.9. The highest BCUT2D eigenvalue weighted by Crippen LogP contribution is 2.45. The Kier molecular flexibility index (Phi) is 5.52. The summed E-state index contributed by atoms with van der Waals surface area (Å²) in [6.45, 7) is 8.48. The molecule has 2 aliphatic heterocycles. The lowest BCUT2D eigenvalue weighted by atomic mass is 9.34. The lowest BCUT2D eigenvalue weighted by Crippen LogP contribution is -2.57. The monoisotopic (exact) mass is 583 g/mol. The van der Waals surface area contributed by atoms with Gasteiger partial charge in [0.2, 0.25) is 0 Å². The molecule has 0 atom stereocenters. The molecule has 1 aromatic heterocycles. The third-order valence-electron chi connectivity index (χ3n) is 9.22.